The van der Waals surface area contributed by atoms with Crippen LogP contribution in [0.25, 0.3) is 0 Å². The molecular weight excluding hydrogens is 286 g/mol. The summed E-state index contributed by atoms with van der Waals surface area (Å²) >= 11 is 5.99. The van der Waals surface area contributed by atoms with E-state index in [1.807, 2.05) is 44.2 Å². The van der Waals surface area contributed by atoms with Crippen LogP contribution in [-0.4, -0.2) is 19.1 Å². The molecule has 110 valence electrons. The van der Waals surface area contributed by atoms with Gasteiger partial charge in [0.25, 0.3) is 5.91 Å². The Morgan fingerprint density at radius 2 is 1.95 bits per heavy atom. The monoisotopic (exact) mass is 303 g/mol. The van der Waals surface area contributed by atoms with Crippen molar-refractivity contribution in [2.24, 2.45) is 0 Å². The Morgan fingerprint density at radius 3 is 2.71 bits per heavy atom. The fourth-order valence-corrected chi connectivity index (χ4v) is 2.15. The van der Waals surface area contributed by atoms with Gasteiger partial charge in [-0.3, -0.25) is 4.79 Å². The zero-order valence-corrected chi connectivity index (χ0v) is 12.9. The summed E-state index contributed by atoms with van der Waals surface area (Å²) in [4.78, 5) is 12.1. The Bertz CT molecular complexity index is 640. The number of para-hydroxylation sites is 1. The molecule has 0 radical (unpaired) electrons. The Kier molecular flexibility index (Phi) is 5.23. The van der Waals surface area contributed by atoms with Gasteiger partial charge in [-0.2, -0.15) is 0 Å². The maximum absolute atomic E-state index is 12.1. The molecule has 0 aliphatic heterocycles. The lowest BCUT2D eigenvalue weighted by atomic mass is 10.1. The van der Waals surface area contributed by atoms with E-state index in [9.17, 15) is 4.79 Å². The van der Waals surface area contributed by atoms with Crippen LogP contribution in [0.5, 0.6) is 5.75 Å². The fourth-order valence-electron chi connectivity index (χ4n) is 1.96. The van der Waals surface area contributed by atoms with Gasteiger partial charge in [0.15, 0.2) is 0 Å². The zero-order chi connectivity index (χ0) is 15.2. The molecule has 0 heterocycles. The van der Waals surface area contributed by atoms with Crippen molar-refractivity contribution in [2.75, 3.05) is 13.2 Å². The smallest absolute Gasteiger partial charge is 0.251 e. The molecule has 0 saturated carbocycles. The maximum atomic E-state index is 12.1. The lowest BCUT2D eigenvalue weighted by Gasteiger charge is -2.10. The second-order valence-electron chi connectivity index (χ2n) is 4.85. The van der Waals surface area contributed by atoms with Gasteiger partial charge in [0.1, 0.15) is 12.4 Å². The SMILES string of the molecule is Cc1ccc(C)c(C(=O)NCCOc2ccccc2Cl)c1. The van der Waals surface area contributed by atoms with E-state index < -0.39 is 0 Å². The van der Waals surface area contributed by atoms with Crippen molar-refractivity contribution in [1.29, 1.82) is 0 Å². The lowest BCUT2D eigenvalue weighted by molar-refractivity contribution is 0.0946. The molecule has 21 heavy (non-hydrogen) atoms. The van der Waals surface area contributed by atoms with E-state index in [1.165, 1.54) is 0 Å². The van der Waals surface area contributed by atoms with Gasteiger partial charge in [-0.15, -0.1) is 0 Å². The Morgan fingerprint density at radius 1 is 1.19 bits per heavy atom. The van der Waals surface area contributed by atoms with Gasteiger partial charge in [0.05, 0.1) is 11.6 Å². The van der Waals surface area contributed by atoms with Crippen molar-refractivity contribution in [1.82, 2.24) is 5.32 Å². The van der Waals surface area contributed by atoms with Crippen molar-refractivity contribution in [3.63, 3.8) is 0 Å². The van der Waals surface area contributed by atoms with E-state index >= 15 is 0 Å². The topological polar surface area (TPSA) is 38.3 Å². The molecule has 0 unspecified atom stereocenters. The first-order valence-electron chi connectivity index (χ1n) is 6.80. The molecule has 0 aliphatic carbocycles. The second-order valence-corrected chi connectivity index (χ2v) is 5.26. The number of aryl methyl sites for hydroxylation is 2. The van der Waals surface area contributed by atoms with Crippen LogP contribution in [0, 0.1) is 13.8 Å². The van der Waals surface area contributed by atoms with E-state index in [1.54, 1.807) is 12.1 Å². The van der Waals surface area contributed by atoms with E-state index in [4.69, 9.17) is 16.3 Å². The highest BCUT2D eigenvalue weighted by Gasteiger charge is 2.08. The van der Waals surface area contributed by atoms with Crippen molar-refractivity contribution in [3.05, 3.63) is 64.2 Å². The second kappa shape index (κ2) is 7.14. The van der Waals surface area contributed by atoms with Gasteiger partial charge < -0.3 is 10.1 Å². The van der Waals surface area contributed by atoms with Crippen LogP contribution in [0.2, 0.25) is 5.02 Å². The minimum absolute atomic E-state index is 0.0843. The molecule has 0 saturated heterocycles. The summed E-state index contributed by atoms with van der Waals surface area (Å²) in [5.74, 6) is 0.541. The molecule has 0 aromatic heterocycles. The molecule has 0 spiro atoms. The summed E-state index contributed by atoms with van der Waals surface area (Å²) in [6.45, 7) is 4.70. The number of carbonyl (C=O) groups excluding carboxylic acids is 1. The number of ether oxygens (including phenoxy) is 1. The number of benzene rings is 2. The van der Waals surface area contributed by atoms with Crippen LogP contribution in [0.15, 0.2) is 42.5 Å². The number of halogens is 1. The third kappa shape index (κ3) is 4.23. The highest BCUT2D eigenvalue weighted by atomic mass is 35.5. The third-order valence-corrected chi connectivity index (χ3v) is 3.43. The maximum Gasteiger partial charge on any atom is 0.251 e. The number of hydrogen-bond donors (Lipinski definition) is 1. The van der Waals surface area contributed by atoms with Crippen molar-refractivity contribution < 1.29 is 9.53 Å². The van der Waals surface area contributed by atoms with Gasteiger partial charge >= 0.3 is 0 Å². The van der Waals surface area contributed by atoms with Gasteiger partial charge in [-0.25, -0.2) is 0 Å². The van der Waals surface area contributed by atoms with Crippen molar-refractivity contribution >= 4 is 17.5 Å². The van der Waals surface area contributed by atoms with Crippen LogP contribution in [0.4, 0.5) is 0 Å². The van der Waals surface area contributed by atoms with Crippen LogP contribution < -0.4 is 10.1 Å². The first-order chi connectivity index (χ1) is 10.1. The minimum Gasteiger partial charge on any atom is -0.490 e. The van der Waals surface area contributed by atoms with E-state index in [0.29, 0.717) is 29.5 Å². The molecular formula is C17H18ClNO2. The molecule has 0 atom stereocenters. The third-order valence-electron chi connectivity index (χ3n) is 3.12. The molecule has 0 aliphatic rings. The highest BCUT2D eigenvalue weighted by molar-refractivity contribution is 6.32. The van der Waals surface area contributed by atoms with Crippen LogP contribution in [0.3, 0.4) is 0 Å². The Labute approximate surface area is 129 Å². The Balaban J connectivity index is 1.85. The fraction of sp³-hybridized carbons (Fsp3) is 0.235. The largest absolute Gasteiger partial charge is 0.490 e. The quantitative estimate of drug-likeness (QED) is 0.854. The summed E-state index contributed by atoms with van der Waals surface area (Å²) in [6.07, 6.45) is 0. The minimum atomic E-state index is -0.0843. The summed E-state index contributed by atoms with van der Waals surface area (Å²) in [5.41, 5.74) is 2.73. The molecule has 4 heteroatoms. The molecule has 2 rings (SSSR count). The van der Waals surface area contributed by atoms with E-state index in [0.717, 1.165) is 11.1 Å². The standard InChI is InChI=1S/C17H18ClNO2/c1-12-7-8-13(2)14(11-12)17(20)19-9-10-21-16-6-4-3-5-15(16)18/h3-8,11H,9-10H2,1-2H3,(H,19,20). The number of carbonyl (C=O) groups is 1. The lowest BCUT2D eigenvalue weighted by Crippen LogP contribution is -2.28. The summed E-state index contributed by atoms with van der Waals surface area (Å²) in [6, 6.07) is 13.1. The number of hydrogen-bond acceptors (Lipinski definition) is 2. The van der Waals surface area contributed by atoms with E-state index in [2.05, 4.69) is 5.32 Å². The van der Waals surface area contributed by atoms with Gasteiger partial charge in [0.2, 0.25) is 0 Å². The highest BCUT2D eigenvalue weighted by Crippen LogP contribution is 2.22. The summed E-state index contributed by atoms with van der Waals surface area (Å²) in [7, 11) is 0. The average molecular weight is 304 g/mol. The number of nitrogens with one attached hydrogen (secondary N) is 1. The first kappa shape index (κ1) is 15.4. The van der Waals surface area contributed by atoms with Crippen molar-refractivity contribution in [2.45, 2.75) is 13.8 Å². The molecule has 0 fully saturated rings. The summed E-state index contributed by atoms with van der Waals surface area (Å²) < 4.78 is 5.53. The number of amides is 1. The Hall–Kier alpha value is -2.00. The molecule has 2 aromatic carbocycles. The predicted octanol–water partition coefficient (Wildman–Crippen LogP) is 3.77. The summed E-state index contributed by atoms with van der Waals surface area (Å²) in [5, 5.41) is 3.42. The molecule has 1 amide bonds. The predicted molar refractivity (Wildman–Crippen MR) is 85.2 cm³/mol. The van der Waals surface area contributed by atoms with Crippen molar-refractivity contribution in [3.8, 4) is 5.75 Å². The zero-order valence-electron chi connectivity index (χ0n) is 12.2. The van der Waals surface area contributed by atoms with Crippen LogP contribution >= 0.6 is 11.6 Å². The van der Waals surface area contributed by atoms with Gasteiger partial charge in [-0.05, 0) is 37.6 Å². The molecule has 2 aromatic rings. The van der Waals surface area contributed by atoms with Gasteiger partial charge in [0, 0.05) is 5.56 Å². The molecule has 3 nitrogen and oxygen atoms in total. The van der Waals surface area contributed by atoms with Crippen LogP contribution in [0.1, 0.15) is 21.5 Å². The van der Waals surface area contributed by atoms with E-state index in [-0.39, 0.29) is 5.91 Å². The molecule has 0 bridgehead atoms. The number of rotatable bonds is 5. The van der Waals surface area contributed by atoms with Crippen LogP contribution in [-0.2, 0) is 0 Å². The average Bonchev–Trinajstić information content (AvgIpc) is 2.47. The first-order valence-corrected chi connectivity index (χ1v) is 7.18. The van der Waals surface area contributed by atoms with Gasteiger partial charge in [-0.1, -0.05) is 41.4 Å². The normalized spacial score (nSPS) is 10.2. The molecule has 1 N–H and O–H groups in total.